The number of esters is 1. The minimum Gasteiger partial charge on any atom is -0.466 e. The lowest BCUT2D eigenvalue weighted by atomic mass is 9.88. The molecule has 0 fully saturated rings. The van der Waals surface area contributed by atoms with Crippen molar-refractivity contribution in [3.8, 4) is 0 Å². The Labute approximate surface area is 122 Å². The molecular formula is C13H18N4O4. The SMILES string of the molecule is C=CCO[C@@H]1CC(C(=O)OC)=C[C@H](N=[N+]=[N-])[C@H]1NC(C)=O. The summed E-state index contributed by atoms with van der Waals surface area (Å²) in [6, 6.07) is -1.27. The zero-order valence-corrected chi connectivity index (χ0v) is 12.0. The summed E-state index contributed by atoms with van der Waals surface area (Å²) in [6.07, 6.45) is 2.80. The van der Waals surface area contributed by atoms with Gasteiger partial charge in [0.25, 0.3) is 0 Å². The van der Waals surface area contributed by atoms with Crippen LogP contribution in [0.1, 0.15) is 13.3 Å². The second-order valence-electron chi connectivity index (χ2n) is 4.47. The largest absolute Gasteiger partial charge is 0.466 e. The van der Waals surface area contributed by atoms with Crippen molar-refractivity contribution in [3.63, 3.8) is 0 Å². The van der Waals surface area contributed by atoms with Crippen LogP contribution >= 0.6 is 0 Å². The molecule has 0 radical (unpaired) electrons. The first kappa shape index (κ1) is 16.7. The Hall–Kier alpha value is -2.31. The molecule has 8 nitrogen and oxygen atoms in total. The minimum absolute atomic E-state index is 0.248. The number of nitrogens with zero attached hydrogens (tertiary/aromatic N) is 3. The Kier molecular flexibility index (Phi) is 6.45. The van der Waals surface area contributed by atoms with E-state index in [0.29, 0.717) is 5.57 Å². The standard InChI is InChI=1S/C13H18N4O4/c1-4-5-21-11-7-9(13(19)20-3)6-10(16-17-14)12(11)15-8(2)18/h4,6,10-12H,1,5,7H2,2-3H3,(H,15,18)/t10-,11+,12+/m0/s1. The Morgan fingerprint density at radius 1 is 1.67 bits per heavy atom. The van der Waals surface area contributed by atoms with Crippen molar-refractivity contribution < 1.29 is 19.1 Å². The van der Waals surface area contributed by atoms with E-state index in [1.165, 1.54) is 20.1 Å². The van der Waals surface area contributed by atoms with Gasteiger partial charge in [0.2, 0.25) is 5.91 Å². The van der Waals surface area contributed by atoms with Gasteiger partial charge in [-0.05, 0) is 5.53 Å². The van der Waals surface area contributed by atoms with Crippen LogP contribution in [0.25, 0.3) is 10.4 Å². The van der Waals surface area contributed by atoms with Crippen LogP contribution in [0.2, 0.25) is 0 Å². The van der Waals surface area contributed by atoms with E-state index in [4.69, 9.17) is 10.3 Å². The molecule has 0 unspecified atom stereocenters. The minimum atomic E-state index is -0.725. The van der Waals surface area contributed by atoms with Crippen molar-refractivity contribution in [2.45, 2.75) is 31.5 Å². The van der Waals surface area contributed by atoms with E-state index in [1.807, 2.05) is 0 Å². The van der Waals surface area contributed by atoms with Crippen LogP contribution in [0.15, 0.2) is 29.4 Å². The van der Waals surface area contributed by atoms with Gasteiger partial charge in [-0.3, -0.25) is 4.79 Å². The number of nitrogens with one attached hydrogen (secondary N) is 1. The molecule has 3 atom stereocenters. The molecular weight excluding hydrogens is 276 g/mol. The zero-order chi connectivity index (χ0) is 15.8. The first-order valence-corrected chi connectivity index (χ1v) is 6.36. The molecule has 0 aromatic heterocycles. The van der Waals surface area contributed by atoms with Crippen LogP contribution < -0.4 is 5.32 Å². The predicted octanol–water partition coefficient (Wildman–Crippen LogP) is 1.24. The van der Waals surface area contributed by atoms with Gasteiger partial charge in [-0.15, -0.1) is 6.58 Å². The third kappa shape index (κ3) is 4.62. The Bertz CT molecular complexity index is 496. The van der Waals surface area contributed by atoms with Crippen LogP contribution in [0.3, 0.4) is 0 Å². The molecule has 0 aliphatic heterocycles. The number of hydrogen-bond acceptors (Lipinski definition) is 5. The Morgan fingerprint density at radius 3 is 2.90 bits per heavy atom. The van der Waals surface area contributed by atoms with Crippen molar-refractivity contribution >= 4 is 11.9 Å². The zero-order valence-electron chi connectivity index (χ0n) is 12.0. The van der Waals surface area contributed by atoms with E-state index in [0.717, 1.165) is 0 Å². The monoisotopic (exact) mass is 294 g/mol. The molecule has 0 heterocycles. The number of amides is 1. The molecule has 0 bridgehead atoms. The molecule has 0 aromatic carbocycles. The first-order valence-electron chi connectivity index (χ1n) is 6.36. The molecule has 114 valence electrons. The van der Waals surface area contributed by atoms with Crippen molar-refractivity contribution in [2.75, 3.05) is 13.7 Å². The number of azide groups is 1. The Morgan fingerprint density at radius 2 is 2.38 bits per heavy atom. The second kappa shape index (κ2) is 8.08. The van der Waals surface area contributed by atoms with Gasteiger partial charge in [0.15, 0.2) is 0 Å². The third-order valence-corrected chi connectivity index (χ3v) is 2.99. The van der Waals surface area contributed by atoms with Gasteiger partial charge in [-0.25, -0.2) is 4.79 Å². The van der Waals surface area contributed by atoms with E-state index in [2.05, 4.69) is 26.7 Å². The second-order valence-corrected chi connectivity index (χ2v) is 4.47. The summed E-state index contributed by atoms with van der Waals surface area (Å²) in [6.45, 7) is 5.16. The highest BCUT2D eigenvalue weighted by molar-refractivity contribution is 5.89. The van der Waals surface area contributed by atoms with E-state index in [-0.39, 0.29) is 18.9 Å². The maximum atomic E-state index is 11.7. The van der Waals surface area contributed by atoms with E-state index in [1.54, 1.807) is 6.08 Å². The molecule has 8 heteroatoms. The quantitative estimate of drug-likeness (QED) is 0.261. The number of methoxy groups -OCH3 is 1. The van der Waals surface area contributed by atoms with Gasteiger partial charge in [-0.1, -0.05) is 17.3 Å². The number of rotatable bonds is 6. The smallest absolute Gasteiger partial charge is 0.333 e. The van der Waals surface area contributed by atoms with Crippen LogP contribution in [0.4, 0.5) is 0 Å². The van der Waals surface area contributed by atoms with Gasteiger partial charge in [0.1, 0.15) is 0 Å². The van der Waals surface area contributed by atoms with Crippen LogP contribution in [-0.4, -0.2) is 43.8 Å². The molecule has 0 saturated heterocycles. The molecule has 0 spiro atoms. The fraction of sp³-hybridized carbons (Fsp3) is 0.538. The summed E-state index contributed by atoms with van der Waals surface area (Å²) in [5.41, 5.74) is 9.01. The maximum Gasteiger partial charge on any atom is 0.333 e. The van der Waals surface area contributed by atoms with Crippen molar-refractivity contribution in [2.24, 2.45) is 5.11 Å². The molecule has 21 heavy (non-hydrogen) atoms. The van der Waals surface area contributed by atoms with Gasteiger partial charge < -0.3 is 14.8 Å². The highest BCUT2D eigenvalue weighted by Gasteiger charge is 2.36. The molecule has 0 aromatic rings. The predicted molar refractivity (Wildman–Crippen MR) is 75.2 cm³/mol. The van der Waals surface area contributed by atoms with Crippen LogP contribution in [0.5, 0.6) is 0 Å². The molecule has 0 saturated carbocycles. The van der Waals surface area contributed by atoms with Gasteiger partial charge in [0.05, 0.1) is 31.9 Å². The number of ether oxygens (including phenoxy) is 2. The van der Waals surface area contributed by atoms with Gasteiger partial charge >= 0.3 is 5.97 Å². The average molecular weight is 294 g/mol. The van der Waals surface area contributed by atoms with Crippen molar-refractivity contribution in [1.82, 2.24) is 5.32 Å². The number of hydrogen-bond donors (Lipinski definition) is 1. The van der Waals surface area contributed by atoms with Crippen molar-refractivity contribution in [1.29, 1.82) is 0 Å². The summed E-state index contributed by atoms with van der Waals surface area (Å²) in [4.78, 5) is 25.7. The van der Waals surface area contributed by atoms with Crippen molar-refractivity contribution in [3.05, 3.63) is 34.7 Å². The summed E-state index contributed by atoms with van der Waals surface area (Å²) in [7, 11) is 1.27. The summed E-state index contributed by atoms with van der Waals surface area (Å²) in [5.74, 6) is -0.790. The fourth-order valence-electron chi connectivity index (χ4n) is 2.16. The molecule has 1 N–H and O–H groups in total. The summed E-state index contributed by atoms with van der Waals surface area (Å²) < 4.78 is 10.3. The van der Waals surface area contributed by atoms with Crippen LogP contribution in [-0.2, 0) is 19.1 Å². The highest BCUT2D eigenvalue weighted by atomic mass is 16.5. The van der Waals surface area contributed by atoms with Crippen LogP contribution in [0, 0.1) is 0 Å². The summed E-state index contributed by atoms with van der Waals surface area (Å²) in [5, 5.41) is 6.31. The van der Waals surface area contributed by atoms with E-state index < -0.39 is 24.2 Å². The molecule has 1 rings (SSSR count). The normalized spacial score (nSPS) is 24.3. The molecule has 1 amide bonds. The number of carbonyl (C=O) groups excluding carboxylic acids is 2. The maximum absolute atomic E-state index is 11.7. The molecule has 1 aliphatic carbocycles. The summed E-state index contributed by atoms with van der Waals surface area (Å²) >= 11 is 0. The van der Waals surface area contributed by atoms with Gasteiger partial charge in [0, 0.05) is 23.8 Å². The van der Waals surface area contributed by atoms with E-state index >= 15 is 0 Å². The molecule has 1 aliphatic rings. The lowest BCUT2D eigenvalue weighted by molar-refractivity contribution is -0.136. The Balaban J connectivity index is 3.10. The lowest BCUT2D eigenvalue weighted by Crippen LogP contribution is -2.52. The third-order valence-electron chi connectivity index (χ3n) is 2.99. The van der Waals surface area contributed by atoms with Gasteiger partial charge in [-0.2, -0.15) is 0 Å². The first-order chi connectivity index (χ1) is 10.0. The average Bonchev–Trinajstić information content (AvgIpc) is 2.46. The lowest BCUT2D eigenvalue weighted by Gasteiger charge is -2.34. The fourth-order valence-corrected chi connectivity index (χ4v) is 2.16. The number of carbonyl (C=O) groups is 2. The highest BCUT2D eigenvalue weighted by Crippen LogP contribution is 2.25. The topological polar surface area (TPSA) is 113 Å². The van der Waals surface area contributed by atoms with E-state index in [9.17, 15) is 9.59 Å².